The second kappa shape index (κ2) is 4.09. The van der Waals surface area contributed by atoms with E-state index in [1.54, 1.807) is 0 Å². The van der Waals surface area contributed by atoms with Crippen molar-refractivity contribution in [3.05, 3.63) is 0 Å². The molecule has 1 aliphatic heterocycles. The van der Waals surface area contributed by atoms with Gasteiger partial charge in [-0.2, -0.15) is 0 Å². The lowest BCUT2D eigenvalue weighted by atomic mass is 9.97. The van der Waals surface area contributed by atoms with Crippen LogP contribution in [0.15, 0.2) is 0 Å². The molecule has 13 heavy (non-hydrogen) atoms. The van der Waals surface area contributed by atoms with Gasteiger partial charge in [-0.25, -0.2) is 0 Å². The van der Waals surface area contributed by atoms with E-state index >= 15 is 0 Å². The average Bonchev–Trinajstić information content (AvgIpc) is 2.03. The van der Waals surface area contributed by atoms with Gasteiger partial charge < -0.3 is 10.6 Å². The summed E-state index contributed by atoms with van der Waals surface area (Å²) in [4.78, 5) is 11.7. The molecule has 1 fully saturated rings. The first-order chi connectivity index (χ1) is 5.99. The number of nitrogens with one attached hydrogen (secondary N) is 2. The fourth-order valence-electron chi connectivity index (χ4n) is 1.55. The maximum absolute atomic E-state index is 11.7. The van der Waals surface area contributed by atoms with Crippen LogP contribution in [0.25, 0.3) is 0 Å². The number of hydrogen-bond donors (Lipinski definition) is 2. The van der Waals surface area contributed by atoms with Crippen molar-refractivity contribution in [3.63, 3.8) is 0 Å². The summed E-state index contributed by atoms with van der Waals surface area (Å²) in [6.07, 6.45) is 2.14. The predicted octanol–water partition coefficient (Wildman–Crippen LogP) is 0.901. The molecule has 0 spiro atoms. The van der Waals surface area contributed by atoms with E-state index in [0.717, 1.165) is 25.9 Å². The van der Waals surface area contributed by atoms with Gasteiger partial charge in [-0.15, -0.1) is 0 Å². The molecule has 1 amide bonds. The molecule has 0 bridgehead atoms. The summed E-state index contributed by atoms with van der Waals surface area (Å²) in [6.45, 7) is 7.94. The smallest absolute Gasteiger partial charge is 0.224 e. The van der Waals surface area contributed by atoms with E-state index in [2.05, 4.69) is 10.6 Å². The highest BCUT2D eigenvalue weighted by Crippen LogP contribution is 2.11. The van der Waals surface area contributed by atoms with Crippen LogP contribution in [-0.2, 0) is 4.79 Å². The van der Waals surface area contributed by atoms with Crippen molar-refractivity contribution in [1.29, 1.82) is 0 Å². The molecule has 3 nitrogen and oxygen atoms in total. The van der Waals surface area contributed by atoms with E-state index < -0.39 is 0 Å². The molecular formula is C10H20N2O. The van der Waals surface area contributed by atoms with Crippen LogP contribution in [-0.4, -0.2) is 24.5 Å². The van der Waals surface area contributed by atoms with Crippen LogP contribution >= 0.6 is 0 Å². The Labute approximate surface area is 80.3 Å². The van der Waals surface area contributed by atoms with Gasteiger partial charge in [-0.3, -0.25) is 4.79 Å². The Kier molecular flexibility index (Phi) is 3.31. The van der Waals surface area contributed by atoms with Crippen LogP contribution in [0, 0.1) is 5.92 Å². The summed E-state index contributed by atoms with van der Waals surface area (Å²) in [7, 11) is 0. The first-order valence-corrected chi connectivity index (χ1v) is 5.02. The predicted molar refractivity (Wildman–Crippen MR) is 53.5 cm³/mol. The van der Waals surface area contributed by atoms with Crippen molar-refractivity contribution in [1.82, 2.24) is 10.6 Å². The Bertz CT molecular complexity index is 178. The third kappa shape index (κ3) is 3.77. The average molecular weight is 184 g/mol. The third-order valence-corrected chi connectivity index (χ3v) is 2.17. The molecule has 0 aromatic heterocycles. The highest BCUT2D eigenvalue weighted by atomic mass is 16.2. The number of carbonyl (C=O) groups is 1. The normalized spacial score (nSPS) is 24.1. The van der Waals surface area contributed by atoms with Crippen molar-refractivity contribution >= 4 is 5.91 Å². The lowest BCUT2D eigenvalue weighted by molar-refractivity contribution is -0.126. The van der Waals surface area contributed by atoms with E-state index in [-0.39, 0.29) is 17.4 Å². The van der Waals surface area contributed by atoms with Crippen LogP contribution in [0.4, 0.5) is 0 Å². The molecule has 0 aliphatic carbocycles. The standard InChI is InChI=1S/C10H20N2O/c1-10(2,3)12-9(13)8-5-4-6-11-7-8/h8,11H,4-7H2,1-3H3,(H,12,13)/t8-/m0/s1. The van der Waals surface area contributed by atoms with Gasteiger partial charge in [0.2, 0.25) is 5.91 Å². The number of hydrogen-bond acceptors (Lipinski definition) is 2. The molecule has 2 N–H and O–H groups in total. The monoisotopic (exact) mass is 184 g/mol. The molecule has 0 unspecified atom stereocenters. The molecule has 1 atom stereocenters. The fraction of sp³-hybridized carbons (Fsp3) is 0.900. The molecule has 0 radical (unpaired) electrons. The van der Waals surface area contributed by atoms with Crippen molar-refractivity contribution in [3.8, 4) is 0 Å². The van der Waals surface area contributed by atoms with E-state index in [1.807, 2.05) is 20.8 Å². The van der Waals surface area contributed by atoms with Gasteiger partial charge in [0.15, 0.2) is 0 Å². The van der Waals surface area contributed by atoms with E-state index in [9.17, 15) is 4.79 Å². The number of amides is 1. The SMILES string of the molecule is CC(C)(C)NC(=O)[C@H]1CCCNC1. The lowest BCUT2D eigenvalue weighted by Gasteiger charge is -2.27. The van der Waals surface area contributed by atoms with Crippen LogP contribution in [0.3, 0.4) is 0 Å². The molecule has 1 aliphatic rings. The quantitative estimate of drug-likeness (QED) is 0.635. The Morgan fingerprint density at radius 2 is 2.15 bits per heavy atom. The first kappa shape index (κ1) is 10.5. The zero-order chi connectivity index (χ0) is 9.90. The topological polar surface area (TPSA) is 41.1 Å². The van der Waals surface area contributed by atoms with Gasteiger partial charge in [0.25, 0.3) is 0 Å². The number of carbonyl (C=O) groups excluding carboxylic acids is 1. The maximum Gasteiger partial charge on any atom is 0.224 e. The van der Waals surface area contributed by atoms with Crippen molar-refractivity contribution in [2.45, 2.75) is 39.2 Å². The van der Waals surface area contributed by atoms with E-state index in [1.165, 1.54) is 0 Å². The molecule has 76 valence electrons. The highest BCUT2D eigenvalue weighted by Gasteiger charge is 2.23. The van der Waals surface area contributed by atoms with Gasteiger partial charge >= 0.3 is 0 Å². The fourth-order valence-corrected chi connectivity index (χ4v) is 1.55. The summed E-state index contributed by atoms with van der Waals surface area (Å²) in [5, 5.41) is 6.25. The van der Waals surface area contributed by atoms with Gasteiger partial charge in [-0.05, 0) is 40.2 Å². The minimum Gasteiger partial charge on any atom is -0.351 e. The van der Waals surface area contributed by atoms with E-state index in [4.69, 9.17) is 0 Å². The second-order valence-corrected chi connectivity index (χ2v) is 4.78. The molecule has 1 heterocycles. The van der Waals surface area contributed by atoms with Gasteiger partial charge in [0, 0.05) is 12.1 Å². The van der Waals surface area contributed by atoms with Gasteiger partial charge in [0.05, 0.1) is 5.92 Å². The zero-order valence-corrected chi connectivity index (χ0v) is 8.81. The Morgan fingerprint density at radius 1 is 1.46 bits per heavy atom. The number of rotatable bonds is 1. The summed E-state index contributed by atoms with van der Waals surface area (Å²) >= 11 is 0. The maximum atomic E-state index is 11.7. The Balaban J connectivity index is 2.38. The second-order valence-electron chi connectivity index (χ2n) is 4.78. The molecule has 0 aromatic carbocycles. The van der Waals surface area contributed by atoms with E-state index in [0.29, 0.717) is 0 Å². The third-order valence-electron chi connectivity index (χ3n) is 2.17. The Morgan fingerprint density at radius 3 is 2.62 bits per heavy atom. The van der Waals surface area contributed by atoms with Crippen LogP contribution in [0.2, 0.25) is 0 Å². The summed E-state index contributed by atoms with van der Waals surface area (Å²) in [5.41, 5.74) is -0.103. The van der Waals surface area contributed by atoms with Gasteiger partial charge in [-0.1, -0.05) is 0 Å². The summed E-state index contributed by atoms with van der Waals surface area (Å²) in [6, 6.07) is 0. The Hall–Kier alpha value is -0.570. The molecular weight excluding hydrogens is 164 g/mol. The summed E-state index contributed by atoms with van der Waals surface area (Å²) in [5.74, 6) is 0.368. The largest absolute Gasteiger partial charge is 0.351 e. The first-order valence-electron chi connectivity index (χ1n) is 5.02. The van der Waals surface area contributed by atoms with Crippen molar-refractivity contribution in [2.75, 3.05) is 13.1 Å². The molecule has 0 aromatic rings. The molecule has 1 rings (SSSR count). The van der Waals surface area contributed by atoms with Crippen LogP contribution < -0.4 is 10.6 Å². The minimum atomic E-state index is -0.103. The van der Waals surface area contributed by atoms with Crippen molar-refractivity contribution in [2.24, 2.45) is 5.92 Å². The molecule has 3 heteroatoms. The van der Waals surface area contributed by atoms with Crippen LogP contribution in [0.5, 0.6) is 0 Å². The van der Waals surface area contributed by atoms with Crippen molar-refractivity contribution < 1.29 is 4.79 Å². The van der Waals surface area contributed by atoms with Crippen LogP contribution in [0.1, 0.15) is 33.6 Å². The zero-order valence-electron chi connectivity index (χ0n) is 8.81. The summed E-state index contributed by atoms with van der Waals surface area (Å²) < 4.78 is 0. The molecule has 0 saturated carbocycles. The van der Waals surface area contributed by atoms with Gasteiger partial charge in [0.1, 0.15) is 0 Å². The minimum absolute atomic E-state index is 0.103. The molecule has 1 saturated heterocycles. The lowest BCUT2D eigenvalue weighted by Crippen LogP contribution is -2.47. The highest BCUT2D eigenvalue weighted by molar-refractivity contribution is 5.79. The number of piperidine rings is 1.